The molecule has 1 aromatic heterocycles. The van der Waals surface area contributed by atoms with Gasteiger partial charge in [-0.2, -0.15) is 5.10 Å². The highest BCUT2D eigenvalue weighted by atomic mass is 35.5. The lowest BCUT2D eigenvalue weighted by atomic mass is 10.2. The number of rotatable bonds is 3. The van der Waals surface area contributed by atoms with E-state index in [9.17, 15) is 5.11 Å². The van der Waals surface area contributed by atoms with Gasteiger partial charge in [-0.25, -0.2) is 4.98 Å². The average molecular weight is 248 g/mol. The molecule has 0 atom stereocenters. The Labute approximate surface area is 104 Å². The molecule has 0 radical (unpaired) electrons. The van der Waals surface area contributed by atoms with Gasteiger partial charge in [-0.3, -0.25) is 5.43 Å². The molecule has 0 unspecified atom stereocenters. The number of halogens is 1. The van der Waals surface area contributed by atoms with Gasteiger partial charge in [-0.15, -0.1) is 0 Å². The SMILES string of the molecule is Oc1ccc(Cl)cc1/C=N/Nc1ccccn1. The van der Waals surface area contributed by atoms with Gasteiger partial charge in [0.15, 0.2) is 0 Å². The number of phenolic OH excluding ortho intramolecular Hbond substituents is 1. The molecule has 2 N–H and O–H groups in total. The molecule has 2 rings (SSSR count). The third-order valence-corrected chi connectivity index (χ3v) is 2.27. The number of phenols is 1. The first-order valence-corrected chi connectivity index (χ1v) is 5.32. The number of aromatic nitrogens is 1. The summed E-state index contributed by atoms with van der Waals surface area (Å²) in [4.78, 5) is 4.04. The highest BCUT2D eigenvalue weighted by Gasteiger charge is 1.98. The van der Waals surface area contributed by atoms with Crippen molar-refractivity contribution in [1.29, 1.82) is 0 Å². The van der Waals surface area contributed by atoms with E-state index in [-0.39, 0.29) is 5.75 Å². The Hall–Kier alpha value is -2.07. The second-order valence-electron chi connectivity index (χ2n) is 3.29. The summed E-state index contributed by atoms with van der Waals surface area (Å²) in [5.74, 6) is 0.756. The van der Waals surface area contributed by atoms with Gasteiger partial charge < -0.3 is 5.11 Å². The summed E-state index contributed by atoms with van der Waals surface area (Å²) < 4.78 is 0. The predicted octanol–water partition coefficient (Wildman–Crippen LogP) is 2.89. The molecule has 17 heavy (non-hydrogen) atoms. The van der Waals surface area contributed by atoms with Gasteiger partial charge in [0.25, 0.3) is 0 Å². The minimum absolute atomic E-state index is 0.126. The van der Waals surface area contributed by atoms with E-state index in [2.05, 4.69) is 15.5 Å². The van der Waals surface area contributed by atoms with E-state index in [1.165, 1.54) is 12.3 Å². The van der Waals surface area contributed by atoms with Crippen molar-refractivity contribution in [3.8, 4) is 5.75 Å². The lowest BCUT2D eigenvalue weighted by molar-refractivity contribution is 0.474. The summed E-state index contributed by atoms with van der Waals surface area (Å²) in [5.41, 5.74) is 3.29. The quantitative estimate of drug-likeness (QED) is 0.648. The number of aromatic hydroxyl groups is 1. The average Bonchev–Trinajstić information content (AvgIpc) is 2.35. The first-order chi connectivity index (χ1) is 8.25. The van der Waals surface area contributed by atoms with Gasteiger partial charge in [0.2, 0.25) is 0 Å². The molecule has 5 heteroatoms. The normalized spacial score (nSPS) is 10.6. The first-order valence-electron chi connectivity index (χ1n) is 4.94. The van der Waals surface area contributed by atoms with E-state index in [4.69, 9.17) is 11.6 Å². The minimum Gasteiger partial charge on any atom is -0.507 e. The number of pyridine rings is 1. The highest BCUT2D eigenvalue weighted by molar-refractivity contribution is 6.30. The van der Waals surface area contributed by atoms with E-state index in [1.54, 1.807) is 24.4 Å². The molecule has 4 nitrogen and oxygen atoms in total. The molecule has 0 amide bonds. The van der Waals surface area contributed by atoms with E-state index in [1.807, 2.05) is 12.1 Å². The zero-order valence-corrected chi connectivity index (χ0v) is 9.59. The Bertz CT molecular complexity index is 529. The monoisotopic (exact) mass is 247 g/mol. The second-order valence-corrected chi connectivity index (χ2v) is 3.72. The van der Waals surface area contributed by atoms with E-state index in [0.29, 0.717) is 16.4 Å². The van der Waals surface area contributed by atoms with Crippen LogP contribution in [0.2, 0.25) is 5.02 Å². The molecular formula is C12H10ClN3O. The molecule has 0 bridgehead atoms. The minimum atomic E-state index is 0.126. The summed E-state index contributed by atoms with van der Waals surface area (Å²) in [6.45, 7) is 0. The zero-order valence-electron chi connectivity index (χ0n) is 8.84. The van der Waals surface area contributed by atoms with Crippen molar-refractivity contribution >= 4 is 23.6 Å². The van der Waals surface area contributed by atoms with Gasteiger partial charge >= 0.3 is 0 Å². The molecule has 2 aromatic rings. The largest absolute Gasteiger partial charge is 0.507 e. The molecular weight excluding hydrogens is 238 g/mol. The Morgan fingerprint density at radius 2 is 2.18 bits per heavy atom. The van der Waals surface area contributed by atoms with Crippen LogP contribution in [-0.2, 0) is 0 Å². The van der Waals surface area contributed by atoms with Gasteiger partial charge in [-0.1, -0.05) is 17.7 Å². The summed E-state index contributed by atoms with van der Waals surface area (Å²) in [6, 6.07) is 10.2. The Morgan fingerprint density at radius 3 is 2.94 bits per heavy atom. The Kier molecular flexibility index (Phi) is 3.57. The topological polar surface area (TPSA) is 57.5 Å². The number of hydrazone groups is 1. The van der Waals surface area contributed by atoms with Crippen molar-refractivity contribution in [2.45, 2.75) is 0 Å². The Balaban J connectivity index is 2.08. The number of hydrogen-bond acceptors (Lipinski definition) is 4. The summed E-state index contributed by atoms with van der Waals surface area (Å²) in [7, 11) is 0. The predicted molar refractivity (Wildman–Crippen MR) is 68.6 cm³/mol. The first kappa shape index (κ1) is 11.4. The molecule has 0 aliphatic rings. The number of nitrogens with zero attached hydrogens (tertiary/aromatic N) is 2. The van der Waals surface area contributed by atoms with Gasteiger partial charge in [-0.05, 0) is 30.3 Å². The van der Waals surface area contributed by atoms with Crippen LogP contribution in [0.3, 0.4) is 0 Å². The number of nitrogens with one attached hydrogen (secondary N) is 1. The van der Waals surface area contributed by atoms with Crippen LogP contribution in [-0.4, -0.2) is 16.3 Å². The fourth-order valence-electron chi connectivity index (χ4n) is 1.23. The molecule has 86 valence electrons. The smallest absolute Gasteiger partial charge is 0.146 e. The summed E-state index contributed by atoms with van der Waals surface area (Å²) >= 11 is 5.81. The third-order valence-electron chi connectivity index (χ3n) is 2.04. The van der Waals surface area contributed by atoms with Gasteiger partial charge in [0, 0.05) is 16.8 Å². The standard InChI is InChI=1S/C12H10ClN3O/c13-10-4-5-11(17)9(7-10)8-15-16-12-3-1-2-6-14-12/h1-8,17H,(H,14,16)/b15-8+. The van der Waals surface area contributed by atoms with Gasteiger partial charge in [0.1, 0.15) is 11.6 Å². The van der Waals surface area contributed by atoms with Crippen molar-refractivity contribution < 1.29 is 5.11 Å². The van der Waals surface area contributed by atoms with Crippen LogP contribution in [0.25, 0.3) is 0 Å². The molecule has 0 saturated carbocycles. The van der Waals surface area contributed by atoms with E-state index >= 15 is 0 Å². The van der Waals surface area contributed by atoms with Crippen LogP contribution in [0.15, 0.2) is 47.7 Å². The maximum atomic E-state index is 9.54. The highest BCUT2D eigenvalue weighted by Crippen LogP contribution is 2.19. The maximum Gasteiger partial charge on any atom is 0.146 e. The van der Waals surface area contributed by atoms with E-state index in [0.717, 1.165) is 0 Å². The fourth-order valence-corrected chi connectivity index (χ4v) is 1.41. The number of hydrogen-bond donors (Lipinski definition) is 2. The Morgan fingerprint density at radius 1 is 1.29 bits per heavy atom. The van der Waals surface area contributed by atoms with Crippen molar-refractivity contribution in [1.82, 2.24) is 4.98 Å². The van der Waals surface area contributed by atoms with Crippen LogP contribution in [0.4, 0.5) is 5.82 Å². The molecule has 0 fully saturated rings. The van der Waals surface area contributed by atoms with Crippen molar-refractivity contribution in [2.75, 3.05) is 5.43 Å². The van der Waals surface area contributed by atoms with Crippen LogP contribution < -0.4 is 5.43 Å². The molecule has 0 spiro atoms. The maximum absolute atomic E-state index is 9.54. The van der Waals surface area contributed by atoms with Crippen molar-refractivity contribution in [2.24, 2.45) is 5.10 Å². The second kappa shape index (κ2) is 5.32. The van der Waals surface area contributed by atoms with Crippen molar-refractivity contribution in [3.63, 3.8) is 0 Å². The fraction of sp³-hybridized carbons (Fsp3) is 0. The van der Waals surface area contributed by atoms with Crippen LogP contribution in [0.1, 0.15) is 5.56 Å². The van der Waals surface area contributed by atoms with Crippen LogP contribution in [0, 0.1) is 0 Å². The number of anilines is 1. The molecule has 1 aromatic carbocycles. The molecule has 1 heterocycles. The van der Waals surface area contributed by atoms with E-state index < -0.39 is 0 Å². The van der Waals surface area contributed by atoms with Gasteiger partial charge in [0.05, 0.1) is 6.21 Å². The summed E-state index contributed by atoms with van der Waals surface area (Å²) in [6.07, 6.45) is 3.14. The van der Waals surface area contributed by atoms with Crippen LogP contribution in [0.5, 0.6) is 5.75 Å². The summed E-state index contributed by atoms with van der Waals surface area (Å²) in [5, 5.41) is 14.0. The molecule has 0 aliphatic heterocycles. The van der Waals surface area contributed by atoms with Crippen LogP contribution >= 0.6 is 11.6 Å². The molecule has 0 saturated heterocycles. The lowest BCUT2D eigenvalue weighted by Gasteiger charge is -2.00. The van der Waals surface area contributed by atoms with Crippen molar-refractivity contribution in [3.05, 3.63) is 53.2 Å². The lowest BCUT2D eigenvalue weighted by Crippen LogP contribution is -1.92. The molecule has 0 aliphatic carbocycles. The number of benzene rings is 1. The zero-order chi connectivity index (χ0) is 12.1. The third kappa shape index (κ3) is 3.19.